The van der Waals surface area contributed by atoms with Crippen molar-refractivity contribution in [2.45, 2.75) is 46.5 Å². The van der Waals surface area contributed by atoms with Crippen LogP contribution < -0.4 is 10.1 Å². The average molecular weight is 501 g/mol. The Morgan fingerprint density at radius 1 is 1.14 bits per heavy atom. The molecule has 0 amide bonds. The maximum atomic E-state index is 13.9. The standard InChI is InChI=1S/C29H28N2O6/c1-13-6-7-19-18(10-13)17(12-31-19)8-9-30-15(3)22-20(33)11-21-29(5,28(22)36)24-26(35)14(2)25(34)23(16(4)32)27(24)37-21/h6-7,10-12,30-31,34-35H,8-9H2,1-5H3. The monoisotopic (exact) mass is 500 g/mol. The number of nitrogens with one attached hydrogen (secondary N) is 2. The molecule has 4 N–H and O–H groups in total. The number of hydrogen-bond acceptors (Lipinski definition) is 7. The van der Waals surface area contributed by atoms with Crippen LogP contribution in [-0.2, 0) is 21.4 Å². The normalized spacial score (nSPS) is 19.9. The molecule has 1 aromatic heterocycles. The topological polar surface area (TPSA) is 129 Å². The summed E-state index contributed by atoms with van der Waals surface area (Å²) in [4.78, 5) is 42.5. The first-order valence-electron chi connectivity index (χ1n) is 12.1. The largest absolute Gasteiger partial charge is 0.507 e. The van der Waals surface area contributed by atoms with Crippen LogP contribution in [-0.4, -0.2) is 39.1 Å². The summed E-state index contributed by atoms with van der Waals surface area (Å²) in [6.45, 7) is 8.47. The van der Waals surface area contributed by atoms with Gasteiger partial charge in [-0.15, -0.1) is 0 Å². The van der Waals surface area contributed by atoms with Crippen molar-refractivity contribution in [3.05, 3.63) is 75.3 Å². The molecule has 8 nitrogen and oxygen atoms in total. The van der Waals surface area contributed by atoms with Crippen LogP contribution in [0.2, 0.25) is 0 Å². The number of aromatic nitrogens is 1. The second-order valence-electron chi connectivity index (χ2n) is 9.93. The Morgan fingerprint density at radius 2 is 1.86 bits per heavy atom. The van der Waals surface area contributed by atoms with Crippen LogP contribution in [0, 0.1) is 13.8 Å². The van der Waals surface area contributed by atoms with Crippen molar-refractivity contribution < 1.29 is 29.3 Å². The lowest BCUT2D eigenvalue weighted by Crippen LogP contribution is -2.41. The van der Waals surface area contributed by atoms with Crippen molar-refractivity contribution in [3.63, 3.8) is 0 Å². The molecule has 8 heteroatoms. The number of allylic oxidation sites excluding steroid dienone is 4. The van der Waals surface area contributed by atoms with Crippen LogP contribution in [0.15, 0.2) is 47.5 Å². The van der Waals surface area contributed by atoms with E-state index in [0.717, 1.165) is 22.0 Å². The highest BCUT2D eigenvalue weighted by molar-refractivity contribution is 6.31. The zero-order valence-electron chi connectivity index (χ0n) is 21.3. The fourth-order valence-electron chi connectivity index (χ4n) is 5.33. The Kier molecular flexibility index (Phi) is 5.51. The number of phenolic OH excluding ortho intramolecular Hbond substituents is 2. The molecule has 0 bridgehead atoms. The minimum Gasteiger partial charge on any atom is -0.507 e. The van der Waals surface area contributed by atoms with E-state index in [0.29, 0.717) is 18.7 Å². The van der Waals surface area contributed by atoms with Crippen molar-refractivity contribution >= 4 is 28.3 Å². The molecule has 5 rings (SSSR count). The molecular weight excluding hydrogens is 472 g/mol. The number of benzene rings is 2. The van der Waals surface area contributed by atoms with Gasteiger partial charge in [0.15, 0.2) is 17.3 Å². The minimum absolute atomic E-state index is 0.0195. The molecule has 3 aromatic rings. The predicted molar refractivity (Wildman–Crippen MR) is 138 cm³/mol. The number of carbonyl (C=O) groups excluding carboxylic acids is 3. The van der Waals surface area contributed by atoms with E-state index < -0.39 is 28.5 Å². The van der Waals surface area contributed by atoms with Crippen molar-refractivity contribution in [3.8, 4) is 17.2 Å². The Balaban J connectivity index is 1.50. The molecule has 1 atom stereocenters. The first-order valence-corrected chi connectivity index (χ1v) is 12.1. The highest BCUT2D eigenvalue weighted by atomic mass is 16.5. The first kappa shape index (κ1) is 24.4. The predicted octanol–water partition coefficient (Wildman–Crippen LogP) is 4.19. The lowest BCUT2D eigenvalue weighted by Gasteiger charge is -2.29. The van der Waals surface area contributed by atoms with E-state index in [-0.39, 0.29) is 39.5 Å². The van der Waals surface area contributed by atoms with Crippen LogP contribution in [0.3, 0.4) is 0 Å². The number of ether oxygens (including phenoxy) is 1. The van der Waals surface area contributed by atoms with Crippen LogP contribution in [0.4, 0.5) is 0 Å². The third-order valence-electron chi connectivity index (χ3n) is 7.47. The van der Waals surface area contributed by atoms with Crippen LogP contribution in [0.25, 0.3) is 10.9 Å². The number of ketones is 3. The van der Waals surface area contributed by atoms with Gasteiger partial charge >= 0.3 is 0 Å². The Labute approximate surface area is 213 Å². The SMILES string of the molecule is CC(=O)c1c(O)c(C)c(O)c2c1OC1=CC(=O)C(=C(C)NCCc3c[nH]c4ccc(C)cc34)C(=O)C12C. The van der Waals surface area contributed by atoms with Gasteiger partial charge in [0.1, 0.15) is 34.0 Å². The number of carbonyl (C=O) groups is 3. The summed E-state index contributed by atoms with van der Waals surface area (Å²) in [5, 5.41) is 25.8. The maximum absolute atomic E-state index is 13.9. The molecule has 0 fully saturated rings. The molecular formula is C29H28N2O6. The third-order valence-corrected chi connectivity index (χ3v) is 7.47. The van der Waals surface area contributed by atoms with Gasteiger partial charge in [0.25, 0.3) is 0 Å². The highest BCUT2D eigenvalue weighted by Gasteiger charge is 2.56. The number of aryl methyl sites for hydroxylation is 1. The minimum atomic E-state index is -1.53. The van der Waals surface area contributed by atoms with E-state index in [1.165, 1.54) is 19.9 Å². The second-order valence-corrected chi connectivity index (χ2v) is 9.93. The molecule has 1 unspecified atom stereocenters. The molecule has 0 saturated heterocycles. The summed E-state index contributed by atoms with van der Waals surface area (Å²) < 4.78 is 5.80. The van der Waals surface area contributed by atoms with E-state index in [4.69, 9.17) is 4.74 Å². The van der Waals surface area contributed by atoms with Gasteiger partial charge in [-0.25, -0.2) is 0 Å². The van der Waals surface area contributed by atoms with Crippen LogP contribution in [0.5, 0.6) is 17.2 Å². The zero-order chi connectivity index (χ0) is 26.8. The lowest BCUT2D eigenvalue weighted by atomic mass is 9.70. The average Bonchev–Trinajstić information content (AvgIpc) is 3.36. The Bertz CT molecular complexity index is 1610. The summed E-state index contributed by atoms with van der Waals surface area (Å²) in [7, 11) is 0. The number of phenols is 2. The summed E-state index contributed by atoms with van der Waals surface area (Å²) >= 11 is 0. The molecule has 37 heavy (non-hydrogen) atoms. The first-order chi connectivity index (χ1) is 17.5. The van der Waals surface area contributed by atoms with Gasteiger partial charge < -0.3 is 25.3 Å². The van der Waals surface area contributed by atoms with Crippen molar-refractivity contribution in [2.24, 2.45) is 0 Å². The van der Waals surface area contributed by atoms with Gasteiger partial charge in [-0.3, -0.25) is 14.4 Å². The van der Waals surface area contributed by atoms with Gasteiger partial charge in [-0.1, -0.05) is 11.6 Å². The summed E-state index contributed by atoms with van der Waals surface area (Å²) in [6.07, 6.45) is 3.85. The number of H-pyrrole nitrogens is 1. The lowest BCUT2D eigenvalue weighted by molar-refractivity contribution is -0.123. The quantitative estimate of drug-likeness (QED) is 0.235. The van der Waals surface area contributed by atoms with Crippen molar-refractivity contribution in [1.82, 2.24) is 10.3 Å². The molecule has 2 heterocycles. The van der Waals surface area contributed by atoms with E-state index in [1.54, 1.807) is 13.8 Å². The smallest absolute Gasteiger partial charge is 0.194 e. The van der Waals surface area contributed by atoms with E-state index in [9.17, 15) is 24.6 Å². The Hall–Kier alpha value is -4.33. The molecule has 0 radical (unpaired) electrons. The number of fused-ring (bicyclic) bond motifs is 4. The summed E-state index contributed by atoms with van der Waals surface area (Å²) in [5.74, 6) is -2.38. The van der Waals surface area contributed by atoms with E-state index in [1.807, 2.05) is 25.3 Å². The fourth-order valence-corrected chi connectivity index (χ4v) is 5.33. The Morgan fingerprint density at radius 3 is 2.57 bits per heavy atom. The van der Waals surface area contributed by atoms with Gasteiger partial charge in [0.2, 0.25) is 0 Å². The third kappa shape index (κ3) is 3.47. The van der Waals surface area contributed by atoms with E-state index >= 15 is 0 Å². The number of aromatic hydroxyl groups is 2. The van der Waals surface area contributed by atoms with Crippen molar-refractivity contribution in [2.75, 3.05) is 6.54 Å². The maximum Gasteiger partial charge on any atom is 0.194 e. The van der Waals surface area contributed by atoms with Gasteiger partial charge in [0, 0.05) is 41.0 Å². The number of Topliss-reactive ketones (excluding diaryl/α,β-unsaturated/α-hetero) is 2. The number of rotatable bonds is 5. The molecule has 190 valence electrons. The zero-order valence-corrected chi connectivity index (χ0v) is 21.3. The molecule has 2 aromatic carbocycles. The summed E-state index contributed by atoms with van der Waals surface area (Å²) in [6, 6.07) is 6.20. The van der Waals surface area contributed by atoms with Crippen molar-refractivity contribution in [1.29, 1.82) is 0 Å². The van der Waals surface area contributed by atoms with Crippen LogP contribution in [0.1, 0.15) is 53.4 Å². The molecule has 2 aliphatic rings. The molecule has 1 aliphatic carbocycles. The van der Waals surface area contributed by atoms with Crippen LogP contribution >= 0.6 is 0 Å². The van der Waals surface area contributed by atoms with Gasteiger partial charge in [0.05, 0.1) is 11.1 Å². The van der Waals surface area contributed by atoms with Gasteiger partial charge in [-0.2, -0.15) is 0 Å². The number of aromatic amines is 1. The molecule has 0 spiro atoms. The molecule has 1 aliphatic heterocycles. The second kappa shape index (κ2) is 8.37. The number of hydrogen-bond donors (Lipinski definition) is 4. The summed E-state index contributed by atoms with van der Waals surface area (Å²) in [5.41, 5.74) is 2.20. The van der Waals surface area contributed by atoms with E-state index in [2.05, 4.69) is 16.4 Å². The molecule has 0 saturated carbocycles. The fraction of sp³-hybridized carbons (Fsp3) is 0.276. The highest BCUT2D eigenvalue weighted by Crippen LogP contribution is 2.57. The van der Waals surface area contributed by atoms with Gasteiger partial charge in [-0.05, 0) is 58.7 Å².